The van der Waals surface area contributed by atoms with Gasteiger partial charge in [0.25, 0.3) is 0 Å². The summed E-state index contributed by atoms with van der Waals surface area (Å²) in [7, 11) is 0. The van der Waals surface area contributed by atoms with Crippen molar-refractivity contribution in [1.29, 1.82) is 0 Å². The molecule has 0 unspecified atom stereocenters. The maximum absolute atomic E-state index is 13.2. The van der Waals surface area contributed by atoms with E-state index in [2.05, 4.69) is 14.9 Å². The molecule has 0 aliphatic heterocycles. The molecule has 4 nitrogen and oxygen atoms in total. The zero-order chi connectivity index (χ0) is 13.2. The molecule has 1 aromatic carbocycles. The van der Waals surface area contributed by atoms with Crippen LogP contribution in [0.2, 0.25) is 0 Å². The minimum atomic E-state index is -0.242. The van der Waals surface area contributed by atoms with Crippen LogP contribution in [0.4, 0.5) is 10.3 Å². The van der Waals surface area contributed by atoms with E-state index >= 15 is 0 Å². The summed E-state index contributed by atoms with van der Waals surface area (Å²) in [6.07, 6.45) is 4.90. The molecule has 0 radical (unpaired) electrons. The number of hydrogen-bond donors (Lipinski definition) is 2. The first-order valence-corrected chi connectivity index (χ1v) is 6.90. The van der Waals surface area contributed by atoms with Crippen LogP contribution in [-0.2, 0) is 0 Å². The molecule has 19 heavy (non-hydrogen) atoms. The molecule has 3 N–H and O–H groups in total. The van der Waals surface area contributed by atoms with Gasteiger partial charge >= 0.3 is 0 Å². The first kappa shape index (κ1) is 12.4. The Hall–Kier alpha value is -1.62. The number of halogens is 1. The number of H-pyrrole nitrogens is 1. The number of hydrogen-bond acceptors (Lipinski definition) is 3. The second-order valence-corrected chi connectivity index (χ2v) is 5.14. The summed E-state index contributed by atoms with van der Waals surface area (Å²) in [5, 5.41) is 0. The zero-order valence-corrected chi connectivity index (χ0v) is 10.9. The SMILES string of the molecule is NCCN(c1nc2ccc(F)cc2[nH]1)C1CCCC1. The van der Waals surface area contributed by atoms with E-state index in [0.29, 0.717) is 12.6 Å². The molecule has 0 spiro atoms. The molecule has 3 rings (SSSR count). The Kier molecular flexibility index (Phi) is 3.38. The van der Waals surface area contributed by atoms with Gasteiger partial charge in [-0.25, -0.2) is 9.37 Å². The van der Waals surface area contributed by atoms with Gasteiger partial charge in [-0.1, -0.05) is 12.8 Å². The predicted molar refractivity (Wildman–Crippen MR) is 74.7 cm³/mol. The van der Waals surface area contributed by atoms with Crippen molar-refractivity contribution in [2.24, 2.45) is 5.73 Å². The number of aromatic nitrogens is 2. The van der Waals surface area contributed by atoms with Crippen molar-refractivity contribution in [2.75, 3.05) is 18.0 Å². The van der Waals surface area contributed by atoms with Gasteiger partial charge in [-0.15, -0.1) is 0 Å². The molecule has 1 saturated carbocycles. The Morgan fingerprint density at radius 3 is 2.89 bits per heavy atom. The first-order chi connectivity index (χ1) is 9.28. The molecule has 1 fully saturated rings. The quantitative estimate of drug-likeness (QED) is 0.889. The summed E-state index contributed by atoms with van der Waals surface area (Å²) in [6.45, 7) is 1.38. The van der Waals surface area contributed by atoms with Crippen LogP contribution in [0, 0.1) is 5.82 Å². The van der Waals surface area contributed by atoms with Crippen LogP contribution < -0.4 is 10.6 Å². The minimum Gasteiger partial charge on any atom is -0.338 e. The third-order valence-electron chi connectivity index (χ3n) is 3.84. The van der Waals surface area contributed by atoms with E-state index in [-0.39, 0.29) is 5.82 Å². The van der Waals surface area contributed by atoms with E-state index in [1.165, 1.54) is 37.8 Å². The molecule has 0 atom stereocenters. The van der Waals surface area contributed by atoms with Gasteiger partial charge in [-0.2, -0.15) is 0 Å². The second kappa shape index (κ2) is 5.17. The van der Waals surface area contributed by atoms with Crippen LogP contribution in [0.5, 0.6) is 0 Å². The highest BCUT2D eigenvalue weighted by atomic mass is 19.1. The number of anilines is 1. The van der Waals surface area contributed by atoms with E-state index in [9.17, 15) is 4.39 Å². The lowest BCUT2D eigenvalue weighted by Crippen LogP contribution is -2.38. The molecular formula is C14H19FN4. The lowest BCUT2D eigenvalue weighted by molar-refractivity contribution is 0.598. The van der Waals surface area contributed by atoms with E-state index in [4.69, 9.17) is 5.73 Å². The average Bonchev–Trinajstić information content (AvgIpc) is 3.04. The third kappa shape index (κ3) is 2.42. The van der Waals surface area contributed by atoms with Crippen molar-refractivity contribution in [3.05, 3.63) is 24.0 Å². The topological polar surface area (TPSA) is 57.9 Å². The molecule has 0 saturated heterocycles. The normalized spacial score (nSPS) is 16.3. The van der Waals surface area contributed by atoms with Gasteiger partial charge in [0.1, 0.15) is 5.82 Å². The lowest BCUT2D eigenvalue weighted by Gasteiger charge is -2.27. The summed E-state index contributed by atoms with van der Waals surface area (Å²) in [5.74, 6) is 0.576. The van der Waals surface area contributed by atoms with E-state index in [1.54, 1.807) is 6.07 Å². The summed E-state index contributed by atoms with van der Waals surface area (Å²) < 4.78 is 13.2. The number of aromatic amines is 1. The zero-order valence-electron chi connectivity index (χ0n) is 10.9. The maximum atomic E-state index is 13.2. The fourth-order valence-electron chi connectivity index (χ4n) is 2.92. The number of nitrogens with two attached hydrogens (primary N) is 1. The van der Waals surface area contributed by atoms with Crippen molar-refractivity contribution < 1.29 is 4.39 Å². The summed E-state index contributed by atoms with van der Waals surface area (Å²) in [4.78, 5) is 10.0. The van der Waals surface area contributed by atoms with Crippen LogP contribution in [0.3, 0.4) is 0 Å². The molecule has 0 bridgehead atoms. The van der Waals surface area contributed by atoms with Gasteiger partial charge in [-0.05, 0) is 31.0 Å². The number of imidazole rings is 1. The summed E-state index contributed by atoms with van der Waals surface area (Å²) in [5.41, 5.74) is 7.26. The van der Waals surface area contributed by atoms with Crippen LogP contribution >= 0.6 is 0 Å². The van der Waals surface area contributed by atoms with E-state index < -0.39 is 0 Å². The average molecular weight is 262 g/mol. The fourth-order valence-corrected chi connectivity index (χ4v) is 2.92. The molecular weight excluding hydrogens is 243 g/mol. The summed E-state index contributed by atoms with van der Waals surface area (Å²) >= 11 is 0. The Morgan fingerprint density at radius 2 is 2.16 bits per heavy atom. The Balaban J connectivity index is 1.94. The molecule has 1 aromatic heterocycles. The fraction of sp³-hybridized carbons (Fsp3) is 0.500. The maximum Gasteiger partial charge on any atom is 0.204 e. The second-order valence-electron chi connectivity index (χ2n) is 5.14. The van der Waals surface area contributed by atoms with E-state index in [1.807, 2.05) is 0 Å². The lowest BCUT2D eigenvalue weighted by atomic mass is 10.2. The molecule has 0 amide bonds. The molecule has 1 heterocycles. The van der Waals surface area contributed by atoms with Gasteiger partial charge in [0, 0.05) is 19.1 Å². The Labute approximate surface area is 111 Å². The number of nitrogens with one attached hydrogen (secondary N) is 1. The van der Waals surface area contributed by atoms with Gasteiger partial charge in [0.15, 0.2) is 0 Å². The smallest absolute Gasteiger partial charge is 0.204 e. The standard InChI is InChI=1S/C14H19FN4/c15-10-5-6-12-13(9-10)18-14(17-12)19(8-7-16)11-3-1-2-4-11/h5-6,9,11H,1-4,7-8,16H2,(H,17,18). The van der Waals surface area contributed by atoms with Crippen LogP contribution in [0.15, 0.2) is 18.2 Å². The number of benzene rings is 1. The minimum absolute atomic E-state index is 0.242. The van der Waals surface area contributed by atoms with Crippen LogP contribution in [0.25, 0.3) is 11.0 Å². The number of rotatable bonds is 4. The molecule has 1 aliphatic rings. The molecule has 1 aliphatic carbocycles. The Bertz CT molecular complexity index is 560. The van der Waals surface area contributed by atoms with Crippen molar-refractivity contribution >= 4 is 17.0 Å². The molecule has 102 valence electrons. The Morgan fingerprint density at radius 1 is 1.37 bits per heavy atom. The third-order valence-corrected chi connectivity index (χ3v) is 3.84. The van der Waals surface area contributed by atoms with Gasteiger partial charge in [0.05, 0.1) is 11.0 Å². The summed E-state index contributed by atoms with van der Waals surface area (Å²) in [6, 6.07) is 5.14. The molecule has 5 heteroatoms. The number of fused-ring (bicyclic) bond motifs is 1. The van der Waals surface area contributed by atoms with Gasteiger partial charge < -0.3 is 15.6 Å². The van der Waals surface area contributed by atoms with Crippen molar-refractivity contribution in [3.8, 4) is 0 Å². The van der Waals surface area contributed by atoms with Crippen LogP contribution in [-0.4, -0.2) is 29.1 Å². The van der Waals surface area contributed by atoms with Crippen molar-refractivity contribution in [1.82, 2.24) is 9.97 Å². The van der Waals surface area contributed by atoms with Crippen molar-refractivity contribution in [2.45, 2.75) is 31.7 Å². The largest absolute Gasteiger partial charge is 0.338 e. The highest BCUT2D eigenvalue weighted by Gasteiger charge is 2.24. The number of nitrogens with zero attached hydrogens (tertiary/aromatic N) is 2. The molecule has 2 aromatic rings. The van der Waals surface area contributed by atoms with Crippen LogP contribution in [0.1, 0.15) is 25.7 Å². The first-order valence-electron chi connectivity index (χ1n) is 6.90. The van der Waals surface area contributed by atoms with Gasteiger partial charge in [-0.3, -0.25) is 0 Å². The predicted octanol–water partition coefficient (Wildman–Crippen LogP) is 2.41. The highest BCUT2D eigenvalue weighted by molar-refractivity contribution is 5.77. The van der Waals surface area contributed by atoms with Gasteiger partial charge in [0.2, 0.25) is 5.95 Å². The van der Waals surface area contributed by atoms with E-state index in [0.717, 1.165) is 23.5 Å². The monoisotopic (exact) mass is 262 g/mol. The van der Waals surface area contributed by atoms with Crippen molar-refractivity contribution in [3.63, 3.8) is 0 Å². The highest BCUT2D eigenvalue weighted by Crippen LogP contribution is 2.27.